The van der Waals surface area contributed by atoms with Gasteiger partial charge in [-0.25, -0.2) is 9.59 Å². The first-order chi connectivity index (χ1) is 11.2. The quantitative estimate of drug-likeness (QED) is 0.595. The highest BCUT2D eigenvalue weighted by Crippen LogP contribution is 2.33. The van der Waals surface area contributed by atoms with Gasteiger partial charge in [-0.15, -0.1) is 0 Å². The molecule has 0 aliphatic carbocycles. The molecule has 0 radical (unpaired) electrons. The number of alkyl halides is 3. The number of hydrogen-bond acceptors (Lipinski definition) is 5. The molecule has 0 fully saturated rings. The standard InChI is InChI=1S/C14H16ClF3N2O4/c1-3-23-11(21)13(14(16,17)18,20-12(22)24-4-2)19-10-7-5-6-9(15)8-10/h5-8,19H,3-4H2,1-2H3,(H,20,22)/t13-/m0/s1. The van der Waals surface area contributed by atoms with Gasteiger partial charge in [0.2, 0.25) is 0 Å². The zero-order chi connectivity index (χ0) is 18.4. The summed E-state index contributed by atoms with van der Waals surface area (Å²) in [5, 5.41) is 3.60. The van der Waals surface area contributed by atoms with E-state index in [2.05, 4.69) is 9.47 Å². The molecule has 0 aromatic heterocycles. The SMILES string of the molecule is CCOC(=O)N[C@@](Nc1cccc(Cl)c1)(C(=O)OCC)C(F)(F)F. The van der Waals surface area contributed by atoms with E-state index in [1.54, 1.807) is 0 Å². The maximum Gasteiger partial charge on any atom is 0.442 e. The first kappa shape index (κ1) is 19.9. The predicted molar refractivity (Wildman–Crippen MR) is 80.7 cm³/mol. The highest BCUT2D eigenvalue weighted by molar-refractivity contribution is 6.30. The van der Waals surface area contributed by atoms with Crippen molar-refractivity contribution in [3.8, 4) is 0 Å². The molecular weight excluding hydrogens is 353 g/mol. The Morgan fingerprint density at radius 1 is 1.17 bits per heavy atom. The summed E-state index contributed by atoms with van der Waals surface area (Å²) in [6.07, 6.45) is -6.66. The fraction of sp³-hybridized carbons (Fsp3) is 0.429. The number of esters is 1. The molecule has 0 spiro atoms. The molecule has 24 heavy (non-hydrogen) atoms. The second kappa shape index (κ2) is 8.09. The Bertz CT molecular complexity index is 598. The van der Waals surface area contributed by atoms with Crippen LogP contribution in [-0.4, -0.2) is 37.1 Å². The van der Waals surface area contributed by atoms with Crippen LogP contribution in [0.4, 0.5) is 23.7 Å². The molecule has 6 nitrogen and oxygen atoms in total. The van der Waals surface area contributed by atoms with E-state index in [1.807, 2.05) is 5.32 Å². The number of halogens is 4. The van der Waals surface area contributed by atoms with Crippen molar-refractivity contribution >= 4 is 29.4 Å². The van der Waals surface area contributed by atoms with Gasteiger partial charge >= 0.3 is 23.9 Å². The fourth-order valence-electron chi connectivity index (χ4n) is 1.73. The van der Waals surface area contributed by atoms with Crippen LogP contribution in [0.3, 0.4) is 0 Å². The van der Waals surface area contributed by atoms with Crippen molar-refractivity contribution in [2.45, 2.75) is 25.7 Å². The highest BCUT2D eigenvalue weighted by Gasteiger charge is 2.64. The summed E-state index contributed by atoms with van der Waals surface area (Å²) >= 11 is 5.73. The number of carbonyl (C=O) groups excluding carboxylic acids is 2. The Hall–Kier alpha value is -2.16. The van der Waals surface area contributed by atoms with Crippen LogP contribution in [-0.2, 0) is 14.3 Å². The molecule has 0 bridgehead atoms. The van der Waals surface area contributed by atoms with Crippen LogP contribution in [0.5, 0.6) is 0 Å². The van der Waals surface area contributed by atoms with Crippen LogP contribution in [0.2, 0.25) is 5.02 Å². The molecule has 2 N–H and O–H groups in total. The van der Waals surface area contributed by atoms with Gasteiger partial charge < -0.3 is 14.8 Å². The van der Waals surface area contributed by atoms with Crippen LogP contribution < -0.4 is 10.6 Å². The number of carbonyl (C=O) groups is 2. The minimum absolute atomic E-state index is 0.135. The van der Waals surface area contributed by atoms with Gasteiger partial charge in [0, 0.05) is 10.7 Å². The third-order valence-electron chi connectivity index (χ3n) is 2.73. The molecule has 1 atom stereocenters. The van der Waals surface area contributed by atoms with Crippen molar-refractivity contribution in [2.75, 3.05) is 18.5 Å². The van der Waals surface area contributed by atoms with Crippen molar-refractivity contribution in [2.24, 2.45) is 0 Å². The van der Waals surface area contributed by atoms with Gasteiger partial charge in [-0.2, -0.15) is 13.2 Å². The molecule has 0 heterocycles. The number of amides is 1. The van der Waals surface area contributed by atoms with Crippen molar-refractivity contribution in [3.63, 3.8) is 0 Å². The van der Waals surface area contributed by atoms with Gasteiger partial charge in [0.05, 0.1) is 13.2 Å². The van der Waals surface area contributed by atoms with Gasteiger partial charge in [0.1, 0.15) is 0 Å². The van der Waals surface area contributed by atoms with Crippen LogP contribution in [0.15, 0.2) is 24.3 Å². The molecule has 0 unspecified atom stereocenters. The number of anilines is 1. The Labute approximate surface area is 141 Å². The smallest absolute Gasteiger partial charge is 0.442 e. The number of rotatable bonds is 6. The van der Waals surface area contributed by atoms with E-state index in [4.69, 9.17) is 11.6 Å². The minimum atomic E-state index is -5.23. The molecule has 1 amide bonds. The fourth-order valence-corrected chi connectivity index (χ4v) is 1.92. The monoisotopic (exact) mass is 368 g/mol. The predicted octanol–water partition coefficient (Wildman–Crippen LogP) is 3.32. The summed E-state index contributed by atoms with van der Waals surface area (Å²) in [6.45, 7) is 2.24. The Kier molecular flexibility index (Phi) is 6.70. The zero-order valence-corrected chi connectivity index (χ0v) is 13.6. The lowest BCUT2D eigenvalue weighted by Crippen LogP contribution is -2.69. The van der Waals surface area contributed by atoms with Gasteiger partial charge in [-0.3, -0.25) is 5.32 Å². The van der Waals surface area contributed by atoms with Gasteiger partial charge in [-0.05, 0) is 32.0 Å². The third kappa shape index (κ3) is 4.67. The van der Waals surface area contributed by atoms with Gasteiger partial charge in [-0.1, -0.05) is 17.7 Å². The summed E-state index contributed by atoms with van der Waals surface area (Å²) < 4.78 is 50.0. The zero-order valence-electron chi connectivity index (χ0n) is 12.9. The van der Waals surface area contributed by atoms with Crippen LogP contribution in [0, 0.1) is 0 Å². The summed E-state index contributed by atoms with van der Waals surface area (Å²) in [4.78, 5) is 23.6. The Morgan fingerprint density at radius 3 is 2.29 bits per heavy atom. The lowest BCUT2D eigenvalue weighted by molar-refractivity contribution is -0.205. The maximum atomic E-state index is 13.7. The second-order valence-corrected chi connectivity index (χ2v) is 4.89. The molecule has 10 heteroatoms. The number of alkyl carbamates (subject to hydrolysis) is 1. The lowest BCUT2D eigenvalue weighted by atomic mass is 10.1. The molecule has 0 saturated heterocycles. The number of benzene rings is 1. The number of nitrogens with one attached hydrogen (secondary N) is 2. The largest absolute Gasteiger partial charge is 0.463 e. The van der Waals surface area contributed by atoms with E-state index >= 15 is 0 Å². The summed E-state index contributed by atoms with van der Waals surface area (Å²) in [7, 11) is 0. The van der Waals surface area contributed by atoms with Crippen molar-refractivity contribution in [1.29, 1.82) is 0 Å². The molecule has 0 saturated carbocycles. The molecule has 0 aliphatic rings. The van der Waals surface area contributed by atoms with Crippen molar-refractivity contribution in [3.05, 3.63) is 29.3 Å². The Balaban J connectivity index is 3.33. The topological polar surface area (TPSA) is 76.7 Å². The van der Waals surface area contributed by atoms with E-state index in [9.17, 15) is 22.8 Å². The molecule has 134 valence electrons. The van der Waals surface area contributed by atoms with Crippen LogP contribution >= 0.6 is 11.6 Å². The molecular formula is C14H16ClF3N2O4. The van der Waals surface area contributed by atoms with E-state index < -0.39 is 23.9 Å². The summed E-state index contributed by atoms with van der Waals surface area (Å²) in [5.41, 5.74) is -3.68. The first-order valence-electron chi connectivity index (χ1n) is 6.89. The van der Waals surface area contributed by atoms with Crippen LogP contribution in [0.1, 0.15) is 13.8 Å². The average Bonchev–Trinajstić information content (AvgIpc) is 2.45. The van der Waals surface area contributed by atoms with E-state index in [0.717, 1.165) is 6.07 Å². The highest BCUT2D eigenvalue weighted by atomic mass is 35.5. The Morgan fingerprint density at radius 2 is 1.79 bits per heavy atom. The van der Waals surface area contributed by atoms with Crippen molar-refractivity contribution < 1.29 is 32.2 Å². The van der Waals surface area contributed by atoms with Crippen molar-refractivity contribution in [1.82, 2.24) is 5.32 Å². The van der Waals surface area contributed by atoms with E-state index in [1.165, 1.54) is 37.4 Å². The number of hydrogen-bond donors (Lipinski definition) is 2. The summed E-state index contributed by atoms with van der Waals surface area (Å²) in [5.74, 6) is -1.73. The maximum absolute atomic E-state index is 13.7. The molecule has 1 aromatic rings. The third-order valence-corrected chi connectivity index (χ3v) is 2.96. The van der Waals surface area contributed by atoms with E-state index in [-0.39, 0.29) is 23.9 Å². The second-order valence-electron chi connectivity index (χ2n) is 4.45. The van der Waals surface area contributed by atoms with Gasteiger partial charge in [0.25, 0.3) is 0 Å². The van der Waals surface area contributed by atoms with Crippen LogP contribution in [0.25, 0.3) is 0 Å². The van der Waals surface area contributed by atoms with Gasteiger partial charge in [0.15, 0.2) is 0 Å². The summed E-state index contributed by atoms with van der Waals surface area (Å²) in [6, 6.07) is 5.22. The molecule has 1 aromatic carbocycles. The molecule has 0 aliphatic heterocycles. The minimum Gasteiger partial charge on any atom is -0.463 e. The molecule has 1 rings (SSSR count). The normalized spacial score (nSPS) is 13.6. The van der Waals surface area contributed by atoms with E-state index in [0.29, 0.717) is 0 Å². The number of ether oxygens (including phenoxy) is 2. The first-order valence-corrected chi connectivity index (χ1v) is 7.26. The average molecular weight is 369 g/mol. The lowest BCUT2D eigenvalue weighted by Gasteiger charge is -2.34.